The number of carbonyl (C=O) groups excluding carboxylic acids is 1. The van der Waals surface area contributed by atoms with Crippen LogP contribution in [0.3, 0.4) is 0 Å². The number of carbonyl (C=O) groups is 1. The van der Waals surface area contributed by atoms with Gasteiger partial charge in [-0.1, -0.05) is 30.3 Å². The Hall–Kier alpha value is -2.84. The van der Waals surface area contributed by atoms with Gasteiger partial charge < -0.3 is 20.4 Å². The molecule has 0 aromatic heterocycles. The van der Waals surface area contributed by atoms with E-state index in [1.54, 1.807) is 16.8 Å². The van der Waals surface area contributed by atoms with Gasteiger partial charge >= 0.3 is 6.03 Å². The van der Waals surface area contributed by atoms with Crippen molar-refractivity contribution in [3.8, 4) is 0 Å². The molecule has 1 saturated heterocycles. The van der Waals surface area contributed by atoms with Crippen LogP contribution in [-0.2, 0) is 5.54 Å². The van der Waals surface area contributed by atoms with Crippen LogP contribution in [0.25, 0.3) is 5.57 Å². The summed E-state index contributed by atoms with van der Waals surface area (Å²) in [6.45, 7) is 1.68. The van der Waals surface area contributed by atoms with Crippen molar-refractivity contribution in [3.63, 3.8) is 0 Å². The highest BCUT2D eigenvalue weighted by atomic mass is 19.1. The summed E-state index contributed by atoms with van der Waals surface area (Å²) in [7, 11) is 3.61. The highest BCUT2D eigenvalue weighted by molar-refractivity contribution is 5.83. The lowest BCUT2D eigenvalue weighted by molar-refractivity contribution is 0.104. The minimum Gasteiger partial charge on any atom is -0.330 e. The van der Waals surface area contributed by atoms with Gasteiger partial charge in [-0.3, -0.25) is 0 Å². The van der Waals surface area contributed by atoms with Crippen LogP contribution in [0.5, 0.6) is 0 Å². The Kier molecular flexibility index (Phi) is 8.60. The number of hydrogen-bond donors (Lipinski definition) is 1. The number of amides is 2. The van der Waals surface area contributed by atoms with Crippen LogP contribution in [0, 0.1) is 11.6 Å². The second-order valence-electron chi connectivity index (χ2n) is 10.3. The van der Waals surface area contributed by atoms with E-state index in [4.69, 9.17) is 5.73 Å². The number of benzene rings is 2. The summed E-state index contributed by atoms with van der Waals surface area (Å²) >= 11 is 0. The molecule has 2 heterocycles. The zero-order valence-corrected chi connectivity index (χ0v) is 21.7. The molecule has 2 aliphatic heterocycles. The predicted molar refractivity (Wildman–Crippen MR) is 141 cm³/mol. The highest BCUT2D eigenvalue weighted by Gasteiger charge is 2.46. The number of nitrogens with zero attached hydrogens (tertiary/aromatic N) is 3. The molecule has 2 amide bonds. The number of alkyl halides is 1. The van der Waals surface area contributed by atoms with Gasteiger partial charge in [0.05, 0.1) is 5.54 Å². The molecule has 3 atom stereocenters. The molecule has 0 radical (unpaired) electrons. The third-order valence-corrected chi connectivity index (χ3v) is 7.75. The number of likely N-dealkylation sites (tertiary alicyclic amines) is 1. The van der Waals surface area contributed by atoms with Gasteiger partial charge in [0.1, 0.15) is 17.8 Å². The highest BCUT2D eigenvalue weighted by Crippen LogP contribution is 2.45. The van der Waals surface area contributed by atoms with Crippen molar-refractivity contribution < 1.29 is 18.0 Å². The molecule has 2 unspecified atom stereocenters. The van der Waals surface area contributed by atoms with Gasteiger partial charge in [-0.15, -0.1) is 0 Å². The number of unbranched alkanes of at least 4 members (excludes halogenated alkanes) is 1. The minimum absolute atomic E-state index is 0.118. The summed E-state index contributed by atoms with van der Waals surface area (Å²) in [5, 5.41) is 0. The van der Waals surface area contributed by atoms with Crippen molar-refractivity contribution >= 4 is 11.6 Å². The first-order chi connectivity index (χ1) is 17.7. The Morgan fingerprint density at radius 2 is 1.92 bits per heavy atom. The van der Waals surface area contributed by atoms with Crippen LogP contribution < -0.4 is 5.73 Å². The molecule has 8 heteroatoms. The summed E-state index contributed by atoms with van der Waals surface area (Å²) in [5.41, 5.74) is 6.52. The van der Waals surface area contributed by atoms with Gasteiger partial charge in [0, 0.05) is 38.2 Å². The van der Waals surface area contributed by atoms with Crippen LogP contribution in [0.15, 0.2) is 54.6 Å². The number of rotatable bonds is 7. The van der Waals surface area contributed by atoms with Crippen LogP contribution in [-0.4, -0.2) is 73.2 Å². The van der Waals surface area contributed by atoms with E-state index in [2.05, 4.69) is 0 Å². The zero-order chi connectivity index (χ0) is 26.6. The summed E-state index contributed by atoms with van der Waals surface area (Å²) in [6.07, 6.45) is 3.92. The average Bonchev–Trinajstić information content (AvgIpc) is 3.19. The van der Waals surface area contributed by atoms with Crippen molar-refractivity contribution in [1.82, 2.24) is 14.7 Å². The average molecular weight is 515 g/mol. The third-order valence-electron chi connectivity index (χ3n) is 7.75. The number of halogens is 3. The second-order valence-corrected chi connectivity index (χ2v) is 10.3. The molecule has 0 bridgehead atoms. The Balaban J connectivity index is 1.76. The van der Waals surface area contributed by atoms with Crippen LogP contribution in [0.1, 0.15) is 43.2 Å². The molecule has 200 valence electrons. The number of urea groups is 1. The first-order valence-corrected chi connectivity index (χ1v) is 13.0. The molecule has 2 N–H and O–H groups in total. The van der Waals surface area contributed by atoms with Crippen LogP contribution in [0.4, 0.5) is 18.0 Å². The lowest BCUT2D eigenvalue weighted by atomic mass is 9.83. The van der Waals surface area contributed by atoms with E-state index in [-0.39, 0.29) is 30.6 Å². The normalized spacial score (nSPS) is 24.6. The molecule has 0 saturated carbocycles. The molecule has 2 aromatic carbocycles. The van der Waals surface area contributed by atoms with Gasteiger partial charge in [-0.2, -0.15) is 0 Å². The van der Waals surface area contributed by atoms with Gasteiger partial charge in [-0.05, 0) is 81.2 Å². The third kappa shape index (κ3) is 5.85. The van der Waals surface area contributed by atoms with Crippen LogP contribution >= 0.6 is 0 Å². The molecule has 1 fully saturated rings. The van der Waals surface area contributed by atoms with Crippen molar-refractivity contribution in [1.29, 1.82) is 0 Å². The molecule has 2 aromatic rings. The Morgan fingerprint density at radius 1 is 1.16 bits per heavy atom. The standard InChI is InChI=1S/C29H37F3N4O/c1-34-15-12-25(16-24(31)20-34)35(2)28(37)36-19-21(26-17-23(30)10-11-27(26)32)18-29(36,13-6-7-14-33)22-8-4-3-5-9-22/h3-5,8-11,17-18,24-25H,6-7,12-16,19-20,33H2,1-2H3/t24?,25?,29-/m0/s1. The molecule has 37 heavy (non-hydrogen) atoms. The van der Waals surface area contributed by atoms with Crippen molar-refractivity contribution in [2.75, 3.05) is 40.3 Å². The predicted octanol–water partition coefficient (Wildman–Crippen LogP) is 5.17. The Bertz CT molecular complexity index is 1110. The SMILES string of the molecule is CN1CCC(N(C)C(=O)N2CC(c3cc(F)ccc3F)=C[C@@]2(CCCCN)c2ccccc2)CC(F)C1. The fourth-order valence-electron chi connectivity index (χ4n) is 5.71. The van der Waals surface area contributed by atoms with Crippen molar-refractivity contribution in [2.24, 2.45) is 5.73 Å². The number of nitrogens with two attached hydrogens (primary N) is 1. The lowest BCUT2D eigenvalue weighted by Gasteiger charge is -2.42. The minimum atomic E-state index is -1.02. The van der Waals surface area contributed by atoms with E-state index >= 15 is 0 Å². The van der Waals surface area contributed by atoms with E-state index in [9.17, 15) is 18.0 Å². The van der Waals surface area contributed by atoms with Gasteiger partial charge in [0.15, 0.2) is 0 Å². The molecule has 4 rings (SSSR count). The van der Waals surface area contributed by atoms with E-state index in [0.717, 1.165) is 30.5 Å². The largest absolute Gasteiger partial charge is 0.330 e. The van der Waals surface area contributed by atoms with Gasteiger partial charge in [0.2, 0.25) is 0 Å². The molecule has 0 aliphatic carbocycles. The first kappa shape index (κ1) is 27.2. The summed E-state index contributed by atoms with van der Waals surface area (Å²) in [4.78, 5) is 19.5. The lowest BCUT2D eigenvalue weighted by Crippen LogP contribution is -2.53. The van der Waals surface area contributed by atoms with E-state index in [1.807, 2.05) is 48.4 Å². The van der Waals surface area contributed by atoms with Crippen molar-refractivity contribution in [3.05, 3.63) is 77.4 Å². The van der Waals surface area contributed by atoms with Gasteiger partial charge in [0.25, 0.3) is 0 Å². The fourth-order valence-corrected chi connectivity index (χ4v) is 5.71. The monoisotopic (exact) mass is 514 g/mol. The zero-order valence-electron chi connectivity index (χ0n) is 21.7. The van der Waals surface area contributed by atoms with Gasteiger partial charge in [-0.25, -0.2) is 18.0 Å². The first-order valence-electron chi connectivity index (χ1n) is 13.0. The second kappa shape index (κ2) is 11.7. The smallest absolute Gasteiger partial charge is 0.321 e. The maximum Gasteiger partial charge on any atom is 0.321 e. The molecular weight excluding hydrogens is 477 g/mol. The fraction of sp³-hybridized carbons (Fsp3) is 0.483. The molecular formula is C29H37F3N4O. The quantitative estimate of drug-likeness (QED) is 0.519. The Labute approximate surface area is 217 Å². The maximum absolute atomic E-state index is 14.9. The van der Waals surface area contributed by atoms with Crippen LogP contribution in [0.2, 0.25) is 0 Å². The molecule has 0 spiro atoms. The molecule has 5 nitrogen and oxygen atoms in total. The Morgan fingerprint density at radius 3 is 2.65 bits per heavy atom. The molecule has 2 aliphatic rings. The topological polar surface area (TPSA) is 52.8 Å². The maximum atomic E-state index is 14.9. The van der Waals surface area contributed by atoms with E-state index in [0.29, 0.717) is 38.0 Å². The van der Waals surface area contributed by atoms with Crippen molar-refractivity contribution in [2.45, 2.75) is 49.9 Å². The van der Waals surface area contributed by atoms with E-state index < -0.39 is 23.3 Å². The summed E-state index contributed by atoms with van der Waals surface area (Å²) in [5.74, 6) is -1.07. The summed E-state index contributed by atoms with van der Waals surface area (Å²) < 4.78 is 43.7. The summed E-state index contributed by atoms with van der Waals surface area (Å²) in [6, 6.07) is 12.5. The number of hydrogen-bond acceptors (Lipinski definition) is 3. The van der Waals surface area contributed by atoms with E-state index in [1.165, 1.54) is 6.07 Å².